The predicted octanol–water partition coefficient (Wildman–Crippen LogP) is 2.50. The third kappa shape index (κ3) is 3.33. The summed E-state index contributed by atoms with van der Waals surface area (Å²) in [6.07, 6.45) is 5.67. The number of aliphatic hydroxyl groups is 1. The highest BCUT2D eigenvalue weighted by Gasteiger charge is 2.32. The first-order valence-electron chi connectivity index (χ1n) is 8.00. The minimum atomic E-state index is -0.410. The molecule has 1 aromatic carbocycles. The summed E-state index contributed by atoms with van der Waals surface area (Å²) in [6, 6.07) is 10.6. The Balaban J connectivity index is 1.51. The van der Waals surface area contributed by atoms with Crippen LogP contribution in [-0.4, -0.2) is 48.3 Å². The van der Waals surface area contributed by atoms with Crippen LogP contribution in [0.15, 0.2) is 30.3 Å². The summed E-state index contributed by atoms with van der Waals surface area (Å²) in [7, 11) is 0. The van der Waals surface area contributed by atoms with Gasteiger partial charge in [0.05, 0.1) is 5.60 Å². The van der Waals surface area contributed by atoms with Crippen molar-refractivity contribution in [3.05, 3.63) is 30.3 Å². The molecule has 1 saturated carbocycles. The smallest absolute Gasteiger partial charge is 0.0774 e. The Morgan fingerprint density at radius 2 is 1.55 bits per heavy atom. The lowest BCUT2D eigenvalue weighted by Crippen LogP contribution is -2.52. The van der Waals surface area contributed by atoms with Crippen LogP contribution < -0.4 is 4.90 Å². The highest BCUT2D eigenvalue weighted by Crippen LogP contribution is 2.29. The standard InChI is InChI=1S/C17H26N2O/c20-17(9-5-2-6-10-17)15-18-11-13-19(14-12-18)16-7-3-1-4-8-16/h1,3-4,7-8,20H,2,5-6,9-15H2. The molecule has 1 N–H and O–H groups in total. The second-order valence-corrected chi connectivity index (χ2v) is 6.38. The van der Waals surface area contributed by atoms with Gasteiger partial charge in [0.25, 0.3) is 0 Å². The van der Waals surface area contributed by atoms with Crippen LogP contribution in [0.1, 0.15) is 32.1 Å². The highest BCUT2D eigenvalue weighted by atomic mass is 16.3. The molecule has 3 rings (SSSR count). The number of piperazine rings is 1. The fraction of sp³-hybridized carbons (Fsp3) is 0.647. The van der Waals surface area contributed by atoms with E-state index in [1.807, 2.05) is 0 Å². The molecule has 1 aliphatic carbocycles. The first-order chi connectivity index (χ1) is 9.75. The molecule has 0 aromatic heterocycles. The Morgan fingerprint density at radius 3 is 2.20 bits per heavy atom. The molecule has 1 aliphatic heterocycles. The maximum absolute atomic E-state index is 10.7. The van der Waals surface area contributed by atoms with E-state index in [4.69, 9.17) is 0 Å². The van der Waals surface area contributed by atoms with Gasteiger partial charge in [0.15, 0.2) is 0 Å². The number of nitrogens with zero attached hydrogens (tertiary/aromatic N) is 2. The van der Waals surface area contributed by atoms with Crippen molar-refractivity contribution in [1.82, 2.24) is 4.90 Å². The van der Waals surface area contributed by atoms with Crippen LogP contribution in [0.4, 0.5) is 5.69 Å². The van der Waals surface area contributed by atoms with Gasteiger partial charge in [0, 0.05) is 38.4 Å². The number of anilines is 1. The second kappa shape index (κ2) is 6.15. The molecule has 110 valence electrons. The van der Waals surface area contributed by atoms with Crippen LogP contribution in [0.2, 0.25) is 0 Å². The summed E-state index contributed by atoms with van der Waals surface area (Å²) in [5.74, 6) is 0. The van der Waals surface area contributed by atoms with E-state index in [0.29, 0.717) is 0 Å². The fourth-order valence-electron chi connectivity index (χ4n) is 3.59. The summed E-state index contributed by atoms with van der Waals surface area (Å²) in [5, 5.41) is 10.7. The van der Waals surface area contributed by atoms with Gasteiger partial charge in [-0.3, -0.25) is 4.90 Å². The lowest BCUT2D eigenvalue weighted by Gasteiger charge is -2.41. The van der Waals surface area contributed by atoms with Gasteiger partial charge >= 0.3 is 0 Å². The summed E-state index contributed by atoms with van der Waals surface area (Å²) < 4.78 is 0. The normalized spacial score (nSPS) is 23.8. The first-order valence-corrected chi connectivity index (χ1v) is 8.00. The van der Waals surface area contributed by atoms with Gasteiger partial charge in [-0.15, -0.1) is 0 Å². The Labute approximate surface area is 122 Å². The van der Waals surface area contributed by atoms with Gasteiger partial charge in [-0.2, -0.15) is 0 Å². The first kappa shape index (κ1) is 13.9. The van der Waals surface area contributed by atoms with E-state index in [-0.39, 0.29) is 0 Å². The quantitative estimate of drug-likeness (QED) is 0.917. The molecule has 0 amide bonds. The maximum atomic E-state index is 10.7. The lowest BCUT2D eigenvalue weighted by molar-refractivity contribution is -0.0271. The van der Waals surface area contributed by atoms with Crippen LogP contribution in [0.5, 0.6) is 0 Å². The van der Waals surface area contributed by atoms with E-state index >= 15 is 0 Å². The van der Waals surface area contributed by atoms with Gasteiger partial charge in [0.2, 0.25) is 0 Å². The molecule has 1 heterocycles. The van der Waals surface area contributed by atoms with Crippen LogP contribution in [-0.2, 0) is 0 Å². The number of rotatable bonds is 3. The van der Waals surface area contributed by atoms with Crippen molar-refractivity contribution >= 4 is 5.69 Å². The van der Waals surface area contributed by atoms with E-state index in [2.05, 4.69) is 40.1 Å². The zero-order valence-electron chi connectivity index (χ0n) is 12.3. The molecule has 0 unspecified atom stereocenters. The topological polar surface area (TPSA) is 26.7 Å². The van der Waals surface area contributed by atoms with E-state index in [1.54, 1.807) is 0 Å². The average Bonchev–Trinajstić information content (AvgIpc) is 2.49. The fourth-order valence-corrected chi connectivity index (χ4v) is 3.59. The zero-order chi connectivity index (χ0) is 13.8. The predicted molar refractivity (Wildman–Crippen MR) is 83.1 cm³/mol. The highest BCUT2D eigenvalue weighted by molar-refractivity contribution is 5.46. The maximum Gasteiger partial charge on any atom is 0.0774 e. The van der Waals surface area contributed by atoms with Crippen LogP contribution in [0.3, 0.4) is 0 Å². The van der Waals surface area contributed by atoms with Crippen molar-refractivity contribution in [2.75, 3.05) is 37.6 Å². The van der Waals surface area contributed by atoms with Gasteiger partial charge < -0.3 is 10.0 Å². The summed E-state index contributed by atoms with van der Waals surface area (Å²) in [5.41, 5.74) is 0.913. The van der Waals surface area contributed by atoms with E-state index in [9.17, 15) is 5.11 Å². The minimum absolute atomic E-state index is 0.410. The van der Waals surface area contributed by atoms with Gasteiger partial charge in [-0.25, -0.2) is 0 Å². The molecular formula is C17H26N2O. The molecule has 1 aromatic rings. The van der Waals surface area contributed by atoms with Crippen molar-refractivity contribution in [1.29, 1.82) is 0 Å². The molecule has 2 aliphatic rings. The molecular weight excluding hydrogens is 248 g/mol. The third-order valence-electron chi connectivity index (χ3n) is 4.80. The van der Waals surface area contributed by atoms with Gasteiger partial charge in [-0.1, -0.05) is 37.5 Å². The average molecular weight is 274 g/mol. The molecule has 0 bridgehead atoms. The van der Waals surface area contributed by atoms with Crippen molar-refractivity contribution in [2.24, 2.45) is 0 Å². The molecule has 0 spiro atoms. The summed E-state index contributed by atoms with van der Waals surface area (Å²) in [4.78, 5) is 4.90. The Hall–Kier alpha value is -1.06. The van der Waals surface area contributed by atoms with E-state index in [0.717, 1.165) is 45.6 Å². The second-order valence-electron chi connectivity index (χ2n) is 6.38. The third-order valence-corrected chi connectivity index (χ3v) is 4.80. The van der Waals surface area contributed by atoms with E-state index < -0.39 is 5.60 Å². The van der Waals surface area contributed by atoms with E-state index in [1.165, 1.54) is 24.9 Å². The Morgan fingerprint density at radius 1 is 0.900 bits per heavy atom. The largest absolute Gasteiger partial charge is 0.389 e. The van der Waals surface area contributed by atoms with Gasteiger partial charge in [-0.05, 0) is 25.0 Å². The molecule has 3 nitrogen and oxygen atoms in total. The SMILES string of the molecule is OC1(CN2CCN(c3ccccc3)CC2)CCCCC1. The van der Waals surface area contributed by atoms with Gasteiger partial charge in [0.1, 0.15) is 0 Å². The Kier molecular flexibility index (Phi) is 4.27. The summed E-state index contributed by atoms with van der Waals surface area (Å²) >= 11 is 0. The summed E-state index contributed by atoms with van der Waals surface area (Å²) in [6.45, 7) is 5.14. The Bertz CT molecular complexity index is 406. The van der Waals surface area contributed by atoms with Crippen molar-refractivity contribution in [3.8, 4) is 0 Å². The molecule has 0 radical (unpaired) electrons. The van der Waals surface area contributed by atoms with Crippen molar-refractivity contribution in [2.45, 2.75) is 37.7 Å². The number of para-hydroxylation sites is 1. The minimum Gasteiger partial charge on any atom is -0.389 e. The van der Waals surface area contributed by atoms with Crippen molar-refractivity contribution in [3.63, 3.8) is 0 Å². The number of hydrogen-bond acceptors (Lipinski definition) is 3. The molecule has 1 saturated heterocycles. The van der Waals surface area contributed by atoms with Crippen molar-refractivity contribution < 1.29 is 5.11 Å². The monoisotopic (exact) mass is 274 g/mol. The van der Waals surface area contributed by atoms with Crippen LogP contribution in [0, 0.1) is 0 Å². The number of β-amino-alcohol motifs (C(OH)–C–C–N with tert-alkyl or cyclic N) is 1. The molecule has 2 fully saturated rings. The number of benzene rings is 1. The van der Waals surface area contributed by atoms with Crippen LogP contribution >= 0.6 is 0 Å². The lowest BCUT2D eigenvalue weighted by atomic mass is 9.84. The van der Waals surface area contributed by atoms with Crippen LogP contribution in [0.25, 0.3) is 0 Å². The molecule has 20 heavy (non-hydrogen) atoms. The number of hydrogen-bond donors (Lipinski definition) is 1. The molecule has 0 atom stereocenters. The molecule has 3 heteroatoms. The zero-order valence-corrected chi connectivity index (χ0v) is 12.3.